The summed E-state index contributed by atoms with van der Waals surface area (Å²) in [6.07, 6.45) is 1.18. The smallest absolute Gasteiger partial charge is 0.175 e. The van der Waals surface area contributed by atoms with Crippen molar-refractivity contribution in [1.82, 2.24) is 5.32 Å². The third-order valence-electron chi connectivity index (χ3n) is 2.89. The molecule has 2 aromatic rings. The number of hydrogen-bond acceptors (Lipinski definition) is 5. The topological polar surface area (TPSA) is 68.5 Å². The average molecular weight is 309 g/mol. The Bertz CT molecular complexity index is 674. The van der Waals surface area contributed by atoms with Crippen molar-refractivity contribution in [2.45, 2.75) is 18.4 Å². The van der Waals surface area contributed by atoms with Crippen molar-refractivity contribution < 1.29 is 17.6 Å². The van der Waals surface area contributed by atoms with Crippen LogP contribution in [0.3, 0.4) is 0 Å². The van der Waals surface area contributed by atoms with Crippen molar-refractivity contribution >= 4 is 9.84 Å². The monoisotopic (exact) mass is 309 g/mol. The van der Waals surface area contributed by atoms with Crippen LogP contribution in [-0.2, 0) is 16.4 Å². The van der Waals surface area contributed by atoms with Crippen molar-refractivity contribution in [2.24, 2.45) is 0 Å². The number of rotatable bonds is 7. The summed E-state index contributed by atoms with van der Waals surface area (Å²) in [4.78, 5) is 0.293. The van der Waals surface area contributed by atoms with Crippen molar-refractivity contribution in [2.75, 3.05) is 19.4 Å². The maximum Gasteiger partial charge on any atom is 0.175 e. The van der Waals surface area contributed by atoms with E-state index in [2.05, 4.69) is 5.32 Å². The van der Waals surface area contributed by atoms with Gasteiger partial charge in [-0.1, -0.05) is 0 Å². The highest BCUT2D eigenvalue weighted by Crippen LogP contribution is 2.15. The Morgan fingerprint density at radius 2 is 1.86 bits per heavy atom. The first-order valence-corrected chi connectivity index (χ1v) is 8.53. The van der Waals surface area contributed by atoms with E-state index in [1.165, 1.54) is 6.26 Å². The van der Waals surface area contributed by atoms with E-state index >= 15 is 0 Å². The van der Waals surface area contributed by atoms with Crippen molar-refractivity contribution in [1.29, 1.82) is 0 Å². The molecule has 0 saturated carbocycles. The number of benzene rings is 1. The first-order chi connectivity index (χ1) is 9.95. The molecule has 0 aliphatic heterocycles. The Morgan fingerprint density at radius 3 is 2.43 bits per heavy atom. The lowest BCUT2D eigenvalue weighted by Gasteiger charge is -2.07. The zero-order valence-corrected chi connectivity index (χ0v) is 12.9. The summed E-state index contributed by atoms with van der Waals surface area (Å²) >= 11 is 0. The van der Waals surface area contributed by atoms with Crippen LogP contribution in [0.1, 0.15) is 11.5 Å². The summed E-state index contributed by atoms with van der Waals surface area (Å²) in [6.45, 7) is 3.74. The second kappa shape index (κ2) is 6.78. The van der Waals surface area contributed by atoms with Crippen LogP contribution in [0.2, 0.25) is 0 Å². The van der Waals surface area contributed by atoms with Crippen molar-refractivity contribution in [3.05, 3.63) is 47.9 Å². The highest BCUT2D eigenvalue weighted by molar-refractivity contribution is 7.90. The zero-order chi connectivity index (χ0) is 15.3. The molecule has 0 radical (unpaired) electrons. The molecule has 0 unspecified atom stereocenters. The van der Waals surface area contributed by atoms with Gasteiger partial charge >= 0.3 is 0 Å². The van der Waals surface area contributed by atoms with Crippen LogP contribution in [0, 0.1) is 6.92 Å². The Morgan fingerprint density at radius 1 is 1.14 bits per heavy atom. The highest BCUT2D eigenvalue weighted by Gasteiger charge is 2.06. The van der Waals surface area contributed by atoms with Gasteiger partial charge in [0.15, 0.2) is 9.84 Å². The van der Waals surface area contributed by atoms with Gasteiger partial charge in [-0.3, -0.25) is 0 Å². The summed E-state index contributed by atoms with van der Waals surface area (Å²) in [5.41, 5.74) is 0. The molecule has 0 atom stereocenters. The fourth-order valence-corrected chi connectivity index (χ4v) is 2.45. The van der Waals surface area contributed by atoms with Gasteiger partial charge in [0, 0.05) is 12.8 Å². The molecule has 0 aliphatic carbocycles. The molecule has 114 valence electrons. The number of nitrogens with one attached hydrogen (secondary N) is 1. The van der Waals surface area contributed by atoms with Gasteiger partial charge in [-0.2, -0.15) is 0 Å². The van der Waals surface area contributed by atoms with E-state index in [4.69, 9.17) is 9.15 Å². The molecule has 0 saturated heterocycles. The van der Waals surface area contributed by atoms with Crippen LogP contribution in [0.15, 0.2) is 45.7 Å². The van der Waals surface area contributed by atoms with E-state index in [1.54, 1.807) is 24.3 Å². The van der Waals surface area contributed by atoms with E-state index in [9.17, 15) is 8.42 Å². The molecule has 5 nitrogen and oxygen atoms in total. The lowest BCUT2D eigenvalue weighted by molar-refractivity contribution is 0.310. The molecule has 21 heavy (non-hydrogen) atoms. The van der Waals surface area contributed by atoms with Crippen LogP contribution in [0.25, 0.3) is 0 Å². The predicted molar refractivity (Wildman–Crippen MR) is 80.2 cm³/mol. The molecule has 1 aromatic heterocycles. The molecular formula is C15H19NO4S. The fourth-order valence-electron chi connectivity index (χ4n) is 1.82. The molecule has 1 N–H and O–H groups in total. The Kier molecular flexibility index (Phi) is 5.03. The second-order valence-electron chi connectivity index (χ2n) is 4.78. The van der Waals surface area contributed by atoms with Gasteiger partial charge in [-0.05, 0) is 43.3 Å². The number of hydrogen-bond donors (Lipinski definition) is 1. The highest BCUT2D eigenvalue weighted by atomic mass is 32.2. The van der Waals surface area contributed by atoms with E-state index in [0.29, 0.717) is 30.3 Å². The molecule has 2 rings (SSSR count). The van der Waals surface area contributed by atoms with E-state index in [0.717, 1.165) is 11.5 Å². The Hall–Kier alpha value is -1.79. The van der Waals surface area contributed by atoms with Crippen LogP contribution in [0.5, 0.6) is 5.75 Å². The molecule has 0 bridgehead atoms. The summed E-state index contributed by atoms with van der Waals surface area (Å²) in [5.74, 6) is 2.44. The van der Waals surface area contributed by atoms with Crippen molar-refractivity contribution in [3.63, 3.8) is 0 Å². The third-order valence-corrected chi connectivity index (χ3v) is 4.02. The Balaban J connectivity index is 1.71. The van der Waals surface area contributed by atoms with Gasteiger partial charge in [-0.15, -0.1) is 0 Å². The molecule has 0 amide bonds. The van der Waals surface area contributed by atoms with Crippen LogP contribution >= 0.6 is 0 Å². The summed E-state index contributed by atoms with van der Waals surface area (Å²) in [5, 5.41) is 3.21. The van der Waals surface area contributed by atoms with E-state index < -0.39 is 9.84 Å². The first kappa shape index (κ1) is 15.6. The maximum atomic E-state index is 11.3. The van der Waals surface area contributed by atoms with E-state index in [-0.39, 0.29) is 0 Å². The summed E-state index contributed by atoms with van der Waals surface area (Å²) < 4.78 is 33.6. The van der Waals surface area contributed by atoms with Crippen LogP contribution in [-0.4, -0.2) is 27.8 Å². The fraction of sp³-hybridized carbons (Fsp3) is 0.333. The van der Waals surface area contributed by atoms with E-state index in [1.807, 2.05) is 19.1 Å². The number of sulfone groups is 1. The molecular weight excluding hydrogens is 290 g/mol. The molecule has 0 spiro atoms. The first-order valence-electron chi connectivity index (χ1n) is 6.64. The average Bonchev–Trinajstić information content (AvgIpc) is 2.84. The molecule has 1 aromatic carbocycles. The predicted octanol–water partition coefficient (Wildman–Crippen LogP) is 2.16. The minimum atomic E-state index is -3.16. The Labute approximate surface area is 124 Å². The summed E-state index contributed by atoms with van der Waals surface area (Å²) in [7, 11) is -3.16. The third kappa shape index (κ3) is 4.91. The summed E-state index contributed by atoms with van der Waals surface area (Å²) in [6, 6.07) is 10.3. The molecule has 6 heteroatoms. The molecule has 0 aliphatic rings. The quantitative estimate of drug-likeness (QED) is 0.794. The standard InChI is InChI=1S/C15H19NO4S/c1-12-3-4-14(20-12)11-16-9-10-19-13-5-7-15(8-6-13)21(2,17)18/h3-8,16H,9-11H2,1-2H3. The SMILES string of the molecule is Cc1ccc(CNCCOc2ccc(S(C)(=O)=O)cc2)o1. The van der Waals surface area contributed by atoms with Crippen LogP contribution < -0.4 is 10.1 Å². The van der Waals surface area contributed by atoms with Gasteiger partial charge in [0.25, 0.3) is 0 Å². The lowest BCUT2D eigenvalue weighted by atomic mass is 10.3. The zero-order valence-electron chi connectivity index (χ0n) is 12.1. The van der Waals surface area contributed by atoms with Gasteiger partial charge in [0.1, 0.15) is 23.9 Å². The number of aryl methyl sites for hydroxylation is 1. The minimum absolute atomic E-state index is 0.293. The number of furan rings is 1. The van der Waals surface area contributed by atoms with Crippen molar-refractivity contribution in [3.8, 4) is 5.75 Å². The van der Waals surface area contributed by atoms with Gasteiger partial charge in [0.2, 0.25) is 0 Å². The second-order valence-corrected chi connectivity index (χ2v) is 6.80. The lowest BCUT2D eigenvalue weighted by Crippen LogP contribution is -2.20. The normalized spacial score (nSPS) is 11.5. The van der Waals surface area contributed by atoms with Gasteiger partial charge < -0.3 is 14.5 Å². The van der Waals surface area contributed by atoms with Gasteiger partial charge in [-0.25, -0.2) is 8.42 Å². The number of ether oxygens (including phenoxy) is 1. The van der Waals surface area contributed by atoms with Crippen LogP contribution in [0.4, 0.5) is 0 Å². The largest absolute Gasteiger partial charge is 0.492 e. The molecule has 1 heterocycles. The minimum Gasteiger partial charge on any atom is -0.492 e. The van der Waals surface area contributed by atoms with Gasteiger partial charge in [0.05, 0.1) is 11.4 Å². The molecule has 0 fully saturated rings. The maximum absolute atomic E-state index is 11.3.